The van der Waals surface area contributed by atoms with Crippen molar-refractivity contribution in [1.82, 2.24) is 25.1 Å². The van der Waals surface area contributed by atoms with Crippen molar-refractivity contribution >= 4 is 17.5 Å². The number of aryl methyl sites for hydroxylation is 1. The summed E-state index contributed by atoms with van der Waals surface area (Å²) in [6.07, 6.45) is 3.41. The van der Waals surface area contributed by atoms with Crippen molar-refractivity contribution in [3.05, 3.63) is 60.2 Å². The number of carbonyl (C=O) groups is 1. The SMILES string of the molecule is Cc1nc(NCCNC(=O)Nc2cc(F)ccc2F)cc(-n2cccn2)n1. The molecule has 0 unspecified atom stereocenters. The van der Waals surface area contributed by atoms with E-state index in [9.17, 15) is 13.6 Å². The van der Waals surface area contributed by atoms with Crippen LogP contribution in [0, 0.1) is 18.6 Å². The van der Waals surface area contributed by atoms with Crippen molar-refractivity contribution in [2.24, 2.45) is 0 Å². The van der Waals surface area contributed by atoms with Gasteiger partial charge in [-0.15, -0.1) is 0 Å². The van der Waals surface area contributed by atoms with Gasteiger partial charge in [-0.2, -0.15) is 5.10 Å². The highest BCUT2D eigenvalue weighted by Crippen LogP contribution is 2.15. The molecule has 0 aliphatic rings. The second kappa shape index (κ2) is 8.21. The van der Waals surface area contributed by atoms with E-state index in [1.165, 1.54) is 0 Å². The van der Waals surface area contributed by atoms with Crippen LogP contribution in [0.4, 0.5) is 25.1 Å². The molecule has 0 aliphatic heterocycles. The average Bonchev–Trinajstić information content (AvgIpc) is 3.16. The van der Waals surface area contributed by atoms with Gasteiger partial charge in [0.15, 0.2) is 5.82 Å². The Kier molecular flexibility index (Phi) is 5.55. The van der Waals surface area contributed by atoms with E-state index in [1.54, 1.807) is 36.1 Å². The molecule has 0 saturated carbocycles. The van der Waals surface area contributed by atoms with Gasteiger partial charge in [-0.3, -0.25) is 0 Å². The first-order valence-electron chi connectivity index (χ1n) is 8.11. The molecule has 0 aliphatic carbocycles. The Labute approximate surface area is 153 Å². The van der Waals surface area contributed by atoms with Crippen LogP contribution in [0.3, 0.4) is 0 Å². The molecule has 140 valence electrons. The van der Waals surface area contributed by atoms with Crippen LogP contribution in [0.1, 0.15) is 5.82 Å². The van der Waals surface area contributed by atoms with Gasteiger partial charge in [-0.05, 0) is 25.1 Å². The average molecular weight is 373 g/mol. The summed E-state index contributed by atoms with van der Waals surface area (Å²) >= 11 is 0. The summed E-state index contributed by atoms with van der Waals surface area (Å²) in [6.45, 7) is 2.37. The Morgan fingerprint density at radius 1 is 1.19 bits per heavy atom. The first-order valence-corrected chi connectivity index (χ1v) is 8.11. The molecular weight excluding hydrogens is 356 g/mol. The number of benzene rings is 1. The third-order valence-electron chi connectivity index (χ3n) is 3.46. The first-order chi connectivity index (χ1) is 13.0. The maximum absolute atomic E-state index is 13.5. The molecule has 3 N–H and O–H groups in total. The molecule has 0 atom stereocenters. The van der Waals surface area contributed by atoms with Crippen LogP contribution >= 0.6 is 0 Å². The number of amides is 2. The summed E-state index contributed by atoms with van der Waals surface area (Å²) in [5, 5.41) is 12.0. The lowest BCUT2D eigenvalue weighted by atomic mass is 10.3. The van der Waals surface area contributed by atoms with Crippen molar-refractivity contribution in [1.29, 1.82) is 0 Å². The van der Waals surface area contributed by atoms with Crippen LogP contribution in [0.15, 0.2) is 42.7 Å². The second-order valence-electron chi connectivity index (χ2n) is 5.54. The lowest BCUT2D eigenvalue weighted by Crippen LogP contribution is -2.33. The maximum atomic E-state index is 13.5. The number of hydrogen-bond acceptors (Lipinski definition) is 5. The molecule has 0 bridgehead atoms. The van der Waals surface area contributed by atoms with Crippen molar-refractivity contribution < 1.29 is 13.6 Å². The fourth-order valence-corrected chi connectivity index (χ4v) is 2.29. The van der Waals surface area contributed by atoms with Crippen molar-refractivity contribution in [3.63, 3.8) is 0 Å². The van der Waals surface area contributed by atoms with Crippen LogP contribution in [0.25, 0.3) is 5.82 Å². The third-order valence-corrected chi connectivity index (χ3v) is 3.46. The quantitative estimate of drug-likeness (QED) is 0.577. The number of carbonyl (C=O) groups excluding carboxylic acids is 1. The molecule has 10 heteroatoms. The molecule has 2 aromatic heterocycles. The monoisotopic (exact) mass is 373 g/mol. The number of hydrogen-bond donors (Lipinski definition) is 3. The molecule has 2 amide bonds. The van der Waals surface area contributed by atoms with Crippen molar-refractivity contribution in [3.8, 4) is 5.82 Å². The highest BCUT2D eigenvalue weighted by atomic mass is 19.1. The van der Waals surface area contributed by atoms with Gasteiger partial charge >= 0.3 is 6.03 Å². The molecule has 27 heavy (non-hydrogen) atoms. The zero-order chi connectivity index (χ0) is 19.2. The number of rotatable bonds is 6. The molecule has 0 radical (unpaired) electrons. The van der Waals surface area contributed by atoms with Gasteiger partial charge in [0.25, 0.3) is 0 Å². The summed E-state index contributed by atoms with van der Waals surface area (Å²) < 4.78 is 28.2. The van der Waals surface area contributed by atoms with Gasteiger partial charge in [-0.25, -0.2) is 28.2 Å². The van der Waals surface area contributed by atoms with Crippen LogP contribution in [0.5, 0.6) is 0 Å². The highest BCUT2D eigenvalue weighted by molar-refractivity contribution is 5.89. The van der Waals surface area contributed by atoms with E-state index in [0.717, 1.165) is 18.2 Å². The lowest BCUT2D eigenvalue weighted by Gasteiger charge is -2.10. The minimum atomic E-state index is -0.715. The minimum absolute atomic E-state index is 0.226. The number of urea groups is 1. The number of aromatic nitrogens is 4. The Balaban J connectivity index is 1.50. The molecule has 0 saturated heterocycles. The summed E-state index contributed by atoms with van der Waals surface area (Å²) in [5.41, 5.74) is -0.226. The molecule has 0 fully saturated rings. The van der Waals surface area contributed by atoms with Gasteiger partial charge in [0.1, 0.15) is 23.3 Å². The maximum Gasteiger partial charge on any atom is 0.319 e. The molecule has 8 nitrogen and oxygen atoms in total. The van der Waals surface area contributed by atoms with E-state index < -0.39 is 17.7 Å². The fourth-order valence-electron chi connectivity index (χ4n) is 2.29. The number of anilines is 2. The number of nitrogens with one attached hydrogen (secondary N) is 3. The molecule has 2 heterocycles. The van der Waals surface area contributed by atoms with Crippen LogP contribution < -0.4 is 16.0 Å². The summed E-state index contributed by atoms with van der Waals surface area (Å²) in [6, 6.07) is 5.70. The molecule has 3 rings (SSSR count). The Morgan fingerprint density at radius 2 is 2.04 bits per heavy atom. The van der Waals surface area contributed by atoms with E-state index in [1.807, 2.05) is 0 Å². The van der Waals surface area contributed by atoms with Crippen LogP contribution in [0.2, 0.25) is 0 Å². The van der Waals surface area contributed by atoms with E-state index in [2.05, 4.69) is 31.0 Å². The largest absolute Gasteiger partial charge is 0.368 e. The molecule has 3 aromatic rings. The second-order valence-corrected chi connectivity index (χ2v) is 5.54. The van der Waals surface area contributed by atoms with E-state index >= 15 is 0 Å². The topological polar surface area (TPSA) is 96.8 Å². The zero-order valence-corrected chi connectivity index (χ0v) is 14.4. The standard InChI is InChI=1S/C17H17F2N7O/c1-11-23-15(10-16(24-11)26-8-2-5-22-26)20-6-7-21-17(27)25-14-9-12(18)3-4-13(14)19/h2-5,8-10H,6-7H2,1H3,(H,20,23,24)(H2,21,25,27). The summed E-state index contributed by atoms with van der Waals surface area (Å²) in [5.74, 6) is 0.402. The number of halogens is 2. The van der Waals surface area contributed by atoms with E-state index in [-0.39, 0.29) is 12.2 Å². The Bertz CT molecular complexity index is 931. The van der Waals surface area contributed by atoms with Gasteiger partial charge < -0.3 is 16.0 Å². The summed E-state index contributed by atoms with van der Waals surface area (Å²) in [7, 11) is 0. The first kappa shape index (κ1) is 18.2. The van der Waals surface area contributed by atoms with Gasteiger partial charge in [0.2, 0.25) is 0 Å². The zero-order valence-electron chi connectivity index (χ0n) is 14.4. The molecule has 0 spiro atoms. The smallest absolute Gasteiger partial charge is 0.319 e. The molecular formula is C17H17F2N7O. The van der Waals surface area contributed by atoms with Crippen LogP contribution in [-0.4, -0.2) is 38.9 Å². The number of nitrogens with zero attached hydrogens (tertiary/aromatic N) is 4. The van der Waals surface area contributed by atoms with Gasteiger partial charge in [0.05, 0.1) is 5.69 Å². The Hall–Kier alpha value is -3.56. The molecule has 1 aromatic carbocycles. The Morgan fingerprint density at radius 3 is 2.81 bits per heavy atom. The van der Waals surface area contributed by atoms with Gasteiger partial charge in [-0.1, -0.05) is 0 Å². The van der Waals surface area contributed by atoms with Crippen molar-refractivity contribution in [2.75, 3.05) is 23.7 Å². The minimum Gasteiger partial charge on any atom is -0.368 e. The van der Waals surface area contributed by atoms with E-state index in [0.29, 0.717) is 24.0 Å². The predicted octanol–water partition coefficient (Wildman–Crippen LogP) is 2.48. The summed E-state index contributed by atoms with van der Waals surface area (Å²) in [4.78, 5) is 20.3. The van der Waals surface area contributed by atoms with E-state index in [4.69, 9.17) is 0 Å². The predicted molar refractivity (Wildman–Crippen MR) is 95.8 cm³/mol. The van der Waals surface area contributed by atoms with Crippen molar-refractivity contribution in [2.45, 2.75) is 6.92 Å². The fraction of sp³-hybridized carbons (Fsp3) is 0.176. The lowest BCUT2D eigenvalue weighted by molar-refractivity contribution is 0.252. The highest BCUT2D eigenvalue weighted by Gasteiger charge is 2.08. The van der Waals surface area contributed by atoms with Crippen LogP contribution in [-0.2, 0) is 0 Å². The third kappa shape index (κ3) is 4.97. The van der Waals surface area contributed by atoms with Gasteiger partial charge in [0, 0.05) is 37.6 Å². The normalized spacial score (nSPS) is 10.5.